The Morgan fingerprint density at radius 1 is 1.00 bits per heavy atom. The summed E-state index contributed by atoms with van der Waals surface area (Å²) in [7, 11) is 0. The van der Waals surface area contributed by atoms with Crippen LogP contribution in [0.4, 0.5) is 0 Å². The fraction of sp³-hybridized carbons (Fsp3) is 0.500. The number of nitrogens with one attached hydrogen (secondary N) is 1. The summed E-state index contributed by atoms with van der Waals surface area (Å²) in [5, 5.41) is 0. The van der Waals surface area contributed by atoms with Gasteiger partial charge < -0.3 is 14.3 Å². The zero-order valence-corrected chi connectivity index (χ0v) is 17.8. The van der Waals surface area contributed by atoms with Crippen molar-refractivity contribution in [3.63, 3.8) is 0 Å². The Morgan fingerprint density at radius 2 is 1.87 bits per heavy atom. The van der Waals surface area contributed by atoms with Crippen LogP contribution in [0, 0.1) is 5.92 Å². The Bertz CT molecular complexity index is 1110. The summed E-state index contributed by atoms with van der Waals surface area (Å²) < 4.78 is 7.52. The molecular weight excluding hydrogens is 390 g/mol. The summed E-state index contributed by atoms with van der Waals surface area (Å²) in [5.41, 5.74) is 4.47. The number of ether oxygens (including phenoxy) is 1. The maximum Gasteiger partial charge on any atom is 0.255 e. The number of rotatable bonds is 4. The van der Waals surface area contributed by atoms with Gasteiger partial charge in [-0.3, -0.25) is 14.6 Å². The number of piperidine rings is 1. The summed E-state index contributed by atoms with van der Waals surface area (Å²) >= 11 is 0. The van der Waals surface area contributed by atoms with Crippen LogP contribution in [0.2, 0.25) is 0 Å². The third-order valence-corrected chi connectivity index (χ3v) is 7.07. The van der Waals surface area contributed by atoms with E-state index in [1.54, 1.807) is 0 Å². The molecule has 2 atom stereocenters. The smallest absolute Gasteiger partial charge is 0.255 e. The van der Waals surface area contributed by atoms with Gasteiger partial charge in [-0.1, -0.05) is 18.2 Å². The van der Waals surface area contributed by atoms with Crippen molar-refractivity contribution >= 4 is 11.0 Å². The highest BCUT2D eigenvalue weighted by Crippen LogP contribution is 2.35. The highest BCUT2D eigenvalue weighted by molar-refractivity contribution is 5.74. The van der Waals surface area contributed by atoms with E-state index in [4.69, 9.17) is 9.72 Å². The summed E-state index contributed by atoms with van der Waals surface area (Å²) in [6, 6.07) is 12.5. The first-order valence-electron chi connectivity index (χ1n) is 11.4. The van der Waals surface area contributed by atoms with Crippen LogP contribution >= 0.6 is 0 Å². The van der Waals surface area contributed by atoms with Crippen LogP contribution in [0.15, 0.2) is 41.2 Å². The van der Waals surface area contributed by atoms with Gasteiger partial charge in [0.2, 0.25) is 0 Å². The van der Waals surface area contributed by atoms with Gasteiger partial charge in [0.25, 0.3) is 5.56 Å². The number of nitrogens with zero attached hydrogens (tertiary/aromatic N) is 4. The number of likely N-dealkylation sites (tertiary alicyclic amines) is 1. The van der Waals surface area contributed by atoms with Gasteiger partial charge in [-0.25, -0.2) is 4.98 Å². The van der Waals surface area contributed by atoms with Crippen LogP contribution in [0.25, 0.3) is 11.0 Å². The Labute approximate surface area is 181 Å². The predicted octanol–water partition coefficient (Wildman–Crippen LogP) is 2.18. The van der Waals surface area contributed by atoms with E-state index >= 15 is 0 Å². The van der Waals surface area contributed by atoms with E-state index in [2.05, 4.69) is 43.6 Å². The zero-order valence-electron chi connectivity index (χ0n) is 17.8. The molecule has 2 fully saturated rings. The zero-order chi connectivity index (χ0) is 20.8. The van der Waals surface area contributed by atoms with Gasteiger partial charge in [-0.05, 0) is 30.5 Å². The van der Waals surface area contributed by atoms with Crippen LogP contribution in [0.3, 0.4) is 0 Å². The molecule has 2 saturated heterocycles. The quantitative estimate of drug-likeness (QED) is 0.702. The maximum atomic E-state index is 13.3. The summed E-state index contributed by atoms with van der Waals surface area (Å²) in [6.45, 7) is 7.74. The molecule has 3 aliphatic heterocycles. The lowest BCUT2D eigenvalue weighted by Crippen LogP contribution is -2.47. The number of imidazole rings is 1. The Balaban J connectivity index is 1.20. The molecule has 162 valence electrons. The van der Waals surface area contributed by atoms with E-state index in [1.807, 2.05) is 12.1 Å². The van der Waals surface area contributed by atoms with Gasteiger partial charge in [-0.2, -0.15) is 0 Å². The third kappa shape index (κ3) is 3.71. The van der Waals surface area contributed by atoms with E-state index in [0.29, 0.717) is 11.8 Å². The molecular formula is C24H29N5O2. The first-order chi connectivity index (χ1) is 15.2. The number of morpholine rings is 1. The molecule has 1 N–H and O–H groups in total. The number of aromatic nitrogens is 3. The minimum absolute atomic E-state index is 0.212. The van der Waals surface area contributed by atoms with Crippen molar-refractivity contribution in [3.05, 3.63) is 63.8 Å². The number of H-pyrrole nitrogens is 1. The normalized spacial score (nSPS) is 24.4. The van der Waals surface area contributed by atoms with Crippen LogP contribution in [0.5, 0.6) is 0 Å². The third-order valence-electron chi connectivity index (χ3n) is 7.07. The molecule has 1 aromatic carbocycles. The van der Waals surface area contributed by atoms with Crippen LogP contribution in [-0.4, -0.2) is 63.7 Å². The molecule has 5 heterocycles. The fourth-order valence-electron chi connectivity index (χ4n) is 5.63. The molecule has 6 rings (SSSR count). The lowest BCUT2D eigenvalue weighted by molar-refractivity contribution is 0.0338. The van der Waals surface area contributed by atoms with Crippen LogP contribution < -0.4 is 5.56 Å². The number of fused-ring (bicyclic) bond motifs is 5. The molecule has 3 aromatic rings. The summed E-state index contributed by atoms with van der Waals surface area (Å²) in [4.78, 5) is 26.3. The summed E-state index contributed by atoms with van der Waals surface area (Å²) in [5.74, 6) is 1.97. The van der Waals surface area contributed by atoms with Crippen molar-refractivity contribution in [2.24, 2.45) is 5.92 Å². The van der Waals surface area contributed by atoms with Crippen LogP contribution in [-0.2, 0) is 24.4 Å². The molecule has 0 unspecified atom stereocenters. The second-order valence-corrected chi connectivity index (χ2v) is 9.28. The standard InChI is InChI=1S/C24H29N5O2/c30-24-18(14-27-7-9-31-10-8-27)5-6-22-19-11-17(13-29(22)24)12-28(15-19)16-23-25-20-3-1-2-4-21(20)26-23/h1-6,17,19H,7-16H2,(H,25,26)/t17-,19+/m0/s1. The maximum absolute atomic E-state index is 13.3. The second-order valence-electron chi connectivity index (χ2n) is 9.28. The van der Waals surface area contributed by atoms with Gasteiger partial charge in [0.05, 0.1) is 30.8 Å². The van der Waals surface area contributed by atoms with Crippen molar-refractivity contribution < 1.29 is 4.74 Å². The first-order valence-corrected chi connectivity index (χ1v) is 11.4. The first kappa shape index (κ1) is 19.2. The molecule has 0 aliphatic carbocycles. The van der Waals surface area contributed by atoms with Crippen LogP contribution in [0.1, 0.15) is 29.4 Å². The molecule has 7 heteroatoms. The van der Waals surface area contributed by atoms with E-state index in [-0.39, 0.29) is 5.56 Å². The SMILES string of the molecule is O=c1c(CN2CCOCC2)ccc2n1C[C@H]1C[C@@H]2CN(Cc2nc3ccccc3[nH]2)C1. The Kier molecular flexibility index (Phi) is 4.89. The molecule has 0 amide bonds. The molecule has 3 aliphatic rings. The van der Waals surface area contributed by atoms with Gasteiger partial charge >= 0.3 is 0 Å². The highest BCUT2D eigenvalue weighted by Gasteiger charge is 2.35. The van der Waals surface area contributed by atoms with Crippen molar-refractivity contribution in [2.45, 2.75) is 32.0 Å². The van der Waals surface area contributed by atoms with Crippen molar-refractivity contribution in [2.75, 3.05) is 39.4 Å². The van der Waals surface area contributed by atoms with Gasteiger partial charge in [0.1, 0.15) is 5.82 Å². The van der Waals surface area contributed by atoms with Gasteiger partial charge in [0.15, 0.2) is 0 Å². The number of benzene rings is 1. The highest BCUT2D eigenvalue weighted by atomic mass is 16.5. The Hall–Kier alpha value is -2.48. The number of hydrogen-bond donors (Lipinski definition) is 1. The molecule has 0 saturated carbocycles. The minimum atomic E-state index is 0.212. The van der Waals surface area contributed by atoms with E-state index in [1.165, 1.54) is 12.1 Å². The van der Waals surface area contributed by atoms with E-state index in [9.17, 15) is 4.79 Å². The Morgan fingerprint density at radius 3 is 2.74 bits per heavy atom. The molecule has 0 radical (unpaired) electrons. The second kappa shape index (κ2) is 7.89. The average molecular weight is 420 g/mol. The number of para-hydroxylation sites is 2. The molecule has 31 heavy (non-hydrogen) atoms. The van der Waals surface area contributed by atoms with Crippen molar-refractivity contribution in [1.29, 1.82) is 0 Å². The van der Waals surface area contributed by atoms with E-state index in [0.717, 1.165) is 81.4 Å². The fourth-order valence-corrected chi connectivity index (χ4v) is 5.63. The monoisotopic (exact) mass is 419 g/mol. The lowest BCUT2D eigenvalue weighted by Gasteiger charge is -2.42. The lowest BCUT2D eigenvalue weighted by atomic mass is 9.83. The average Bonchev–Trinajstić information content (AvgIpc) is 3.19. The molecule has 2 aromatic heterocycles. The summed E-state index contributed by atoms with van der Waals surface area (Å²) in [6.07, 6.45) is 1.18. The largest absolute Gasteiger partial charge is 0.379 e. The number of pyridine rings is 1. The topological polar surface area (TPSA) is 66.4 Å². The van der Waals surface area contributed by atoms with Crippen molar-refractivity contribution in [3.8, 4) is 0 Å². The van der Waals surface area contributed by atoms with Gasteiger partial charge in [-0.15, -0.1) is 0 Å². The molecule has 2 bridgehead atoms. The van der Waals surface area contributed by atoms with E-state index < -0.39 is 0 Å². The molecule has 0 spiro atoms. The van der Waals surface area contributed by atoms with Crippen molar-refractivity contribution in [1.82, 2.24) is 24.3 Å². The van der Waals surface area contributed by atoms with Gasteiger partial charge in [0, 0.05) is 56.4 Å². The number of aromatic amines is 1. The predicted molar refractivity (Wildman–Crippen MR) is 119 cm³/mol. The minimum Gasteiger partial charge on any atom is -0.379 e. The number of hydrogen-bond acceptors (Lipinski definition) is 5. The molecule has 7 nitrogen and oxygen atoms in total.